The second-order valence-corrected chi connectivity index (χ2v) is 8.86. The highest BCUT2D eigenvalue weighted by Crippen LogP contribution is 2.28. The molecular weight excluding hydrogens is 414 g/mol. The second kappa shape index (κ2) is 8.01. The van der Waals surface area contributed by atoms with Crippen LogP contribution in [0.4, 0.5) is 0 Å². The molecule has 0 radical (unpaired) electrons. The zero-order valence-corrected chi connectivity index (χ0v) is 17.2. The number of benzene rings is 1. The molecule has 4 rings (SSSR count). The second-order valence-electron chi connectivity index (χ2n) is 6.37. The molecular formula is C18H19N5O4S2. The van der Waals surface area contributed by atoms with Gasteiger partial charge in [-0.3, -0.25) is 0 Å². The van der Waals surface area contributed by atoms with Crippen LogP contribution in [-0.2, 0) is 22.3 Å². The van der Waals surface area contributed by atoms with E-state index in [2.05, 4.69) is 26.7 Å². The normalized spacial score (nSPS) is 12.1. The fourth-order valence-corrected chi connectivity index (χ4v) is 4.15. The predicted molar refractivity (Wildman–Crippen MR) is 108 cm³/mol. The molecule has 4 aromatic rings. The van der Waals surface area contributed by atoms with E-state index in [1.165, 1.54) is 30.2 Å². The Hall–Kier alpha value is -2.63. The van der Waals surface area contributed by atoms with E-state index in [-0.39, 0.29) is 4.90 Å². The molecule has 0 aliphatic rings. The minimum Gasteiger partial charge on any atom is -0.459 e. The number of rotatable bonds is 8. The number of thioether (sulfide) groups is 1. The topological polar surface area (TPSA) is 130 Å². The van der Waals surface area contributed by atoms with Crippen molar-refractivity contribution in [1.29, 1.82) is 0 Å². The lowest BCUT2D eigenvalue weighted by Crippen LogP contribution is -2.11. The van der Waals surface area contributed by atoms with Crippen LogP contribution in [0.25, 0.3) is 22.7 Å². The van der Waals surface area contributed by atoms with Gasteiger partial charge in [-0.2, -0.15) is 0 Å². The standard InChI is InChI=1S/C18H19N5O4S2/c1-2-3-8-23-14-7-6-12(29(19,24)25)10-13(14)20-16(23)11-28-18-22-21-17(27-18)15-5-4-9-26-15/h4-7,9-10H,2-3,8,11H2,1H3,(H2,19,24,25). The van der Waals surface area contributed by atoms with Crippen LogP contribution in [0.1, 0.15) is 25.6 Å². The van der Waals surface area contributed by atoms with Gasteiger partial charge in [0.25, 0.3) is 11.1 Å². The quantitative estimate of drug-likeness (QED) is 0.418. The molecule has 0 saturated heterocycles. The van der Waals surface area contributed by atoms with Gasteiger partial charge >= 0.3 is 0 Å². The number of hydrogen-bond acceptors (Lipinski definition) is 8. The molecule has 0 bridgehead atoms. The SMILES string of the molecule is CCCCn1c(CSc2nnc(-c3ccco3)o2)nc2cc(S(N)(=O)=O)ccc21. The Labute approximate surface area is 171 Å². The summed E-state index contributed by atoms with van der Waals surface area (Å²) in [6.07, 6.45) is 3.54. The van der Waals surface area contributed by atoms with Crippen LogP contribution >= 0.6 is 11.8 Å². The fraction of sp³-hybridized carbons (Fsp3) is 0.278. The summed E-state index contributed by atoms with van der Waals surface area (Å²) in [6.45, 7) is 2.89. The van der Waals surface area contributed by atoms with Crippen LogP contribution in [0, 0.1) is 0 Å². The summed E-state index contributed by atoms with van der Waals surface area (Å²) in [5, 5.41) is 13.7. The van der Waals surface area contributed by atoms with Gasteiger partial charge in [0, 0.05) is 6.54 Å². The van der Waals surface area contributed by atoms with Gasteiger partial charge in [0.1, 0.15) is 5.82 Å². The maximum absolute atomic E-state index is 11.7. The summed E-state index contributed by atoms with van der Waals surface area (Å²) in [7, 11) is -3.79. The Morgan fingerprint density at radius 2 is 2.10 bits per heavy atom. The molecule has 3 heterocycles. The molecule has 3 aromatic heterocycles. The molecule has 9 nitrogen and oxygen atoms in total. The molecule has 152 valence electrons. The zero-order valence-electron chi connectivity index (χ0n) is 15.6. The van der Waals surface area contributed by atoms with Gasteiger partial charge in [-0.15, -0.1) is 10.2 Å². The average molecular weight is 434 g/mol. The smallest absolute Gasteiger partial charge is 0.284 e. The number of imidazole rings is 1. The van der Waals surface area contributed by atoms with Crippen LogP contribution in [-0.4, -0.2) is 28.2 Å². The number of unbranched alkanes of at least 4 members (excludes halogenated alkanes) is 1. The highest BCUT2D eigenvalue weighted by Gasteiger charge is 2.17. The number of nitrogens with two attached hydrogens (primary N) is 1. The first-order valence-corrected chi connectivity index (χ1v) is 11.5. The van der Waals surface area contributed by atoms with Crippen molar-refractivity contribution in [2.24, 2.45) is 5.14 Å². The molecule has 1 aromatic carbocycles. The average Bonchev–Trinajstić information content (AvgIpc) is 3.42. The number of sulfonamides is 1. The molecule has 2 N–H and O–H groups in total. The Balaban J connectivity index is 1.61. The zero-order chi connectivity index (χ0) is 20.4. The van der Waals surface area contributed by atoms with Crippen LogP contribution < -0.4 is 5.14 Å². The maximum atomic E-state index is 11.7. The number of furan rings is 1. The first-order chi connectivity index (χ1) is 14.0. The monoisotopic (exact) mass is 433 g/mol. The lowest BCUT2D eigenvalue weighted by molar-refractivity contribution is 0.447. The van der Waals surface area contributed by atoms with Gasteiger partial charge in [-0.25, -0.2) is 18.5 Å². The molecule has 0 amide bonds. The molecule has 0 fully saturated rings. The van der Waals surface area contributed by atoms with Crippen molar-refractivity contribution in [3.05, 3.63) is 42.4 Å². The van der Waals surface area contributed by atoms with Crippen molar-refractivity contribution in [1.82, 2.24) is 19.7 Å². The number of fused-ring (bicyclic) bond motifs is 1. The Morgan fingerprint density at radius 3 is 2.83 bits per heavy atom. The van der Waals surface area contributed by atoms with Gasteiger partial charge in [-0.1, -0.05) is 25.1 Å². The highest BCUT2D eigenvalue weighted by molar-refractivity contribution is 7.98. The van der Waals surface area contributed by atoms with Crippen molar-refractivity contribution in [2.45, 2.75) is 42.2 Å². The predicted octanol–water partition coefficient (Wildman–Crippen LogP) is 3.42. The third-order valence-electron chi connectivity index (χ3n) is 4.33. The lowest BCUT2D eigenvalue weighted by atomic mass is 10.3. The van der Waals surface area contributed by atoms with E-state index >= 15 is 0 Å². The Kier molecular flexibility index (Phi) is 5.43. The van der Waals surface area contributed by atoms with E-state index in [0.717, 1.165) is 30.7 Å². The van der Waals surface area contributed by atoms with E-state index in [4.69, 9.17) is 14.0 Å². The summed E-state index contributed by atoms with van der Waals surface area (Å²) in [5.41, 5.74) is 1.45. The van der Waals surface area contributed by atoms with E-state index in [0.29, 0.717) is 28.1 Å². The first kappa shape index (κ1) is 19.7. The van der Waals surface area contributed by atoms with Crippen LogP contribution in [0.2, 0.25) is 0 Å². The van der Waals surface area contributed by atoms with Crippen LogP contribution in [0.3, 0.4) is 0 Å². The van der Waals surface area contributed by atoms with Crippen molar-refractivity contribution in [2.75, 3.05) is 0 Å². The van der Waals surface area contributed by atoms with Gasteiger partial charge in [0.2, 0.25) is 10.0 Å². The Bertz CT molecular complexity index is 1230. The number of aryl methyl sites for hydroxylation is 1. The van der Waals surface area contributed by atoms with Crippen molar-refractivity contribution in [3.63, 3.8) is 0 Å². The summed E-state index contributed by atoms with van der Waals surface area (Å²) < 4.78 is 36.3. The molecule has 0 aliphatic heterocycles. The van der Waals surface area contributed by atoms with Crippen molar-refractivity contribution < 1.29 is 17.3 Å². The largest absolute Gasteiger partial charge is 0.459 e. The highest BCUT2D eigenvalue weighted by atomic mass is 32.2. The third-order valence-corrected chi connectivity index (χ3v) is 6.05. The maximum Gasteiger partial charge on any atom is 0.284 e. The summed E-state index contributed by atoms with van der Waals surface area (Å²) >= 11 is 1.36. The van der Waals surface area contributed by atoms with E-state index in [9.17, 15) is 8.42 Å². The molecule has 0 atom stereocenters. The number of nitrogens with zero attached hydrogens (tertiary/aromatic N) is 4. The lowest BCUT2D eigenvalue weighted by Gasteiger charge is -2.07. The number of primary sulfonamides is 1. The third kappa shape index (κ3) is 4.21. The van der Waals surface area contributed by atoms with Gasteiger partial charge < -0.3 is 13.4 Å². The van der Waals surface area contributed by atoms with Gasteiger partial charge in [0.05, 0.1) is 27.9 Å². The number of aromatic nitrogens is 4. The van der Waals surface area contributed by atoms with E-state index < -0.39 is 10.0 Å². The summed E-state index contributed by atoms with van der Waals surface area (Å²) in [6, 6.07) is 8.25. The van der Waals surface area contributed by atoms with Crippen LogP contribution in [0.5, 0.6) is 0 Å². The Morgan fingerprint density at radius 1 is 1.24 bits per heavy atom. The number of hydrogen-bond donors (Lipinski definition) is 1. The molecule has 0 unspecified atom stereocenters. The van der Waals surface area contributed by atoms with Gasteiger partial charge in [-0.05, 0) is 36.8 Å². The summed E-state index contributed by atoms with van der Waals surface area (Å²) in [4.78, 5) is 4.67. The van der Waals surface area contributed by atoms with Crippen LogP contribution in [0.15, 0.2) is 55.5 Å². The molecule has 0 spiro atoms. The molecule has 11 heteroatoms. The summed E-state index contributed by atoms with van der Waals surface area (Å²) in [5.74, 6) is 2.11. The van der Waals surface area contributed by atoms with Crippen molar-refractivity contribution >= 4 is 32.8 Å². The fourth-order valence-electron chi connectivity index (χ4n) is 2.91. The van der Waals surface area contributed by atoms with E-state index in [1.807, 2.05) is 0 Å². The van der Waals surface area contributed by atoms with Gasteiger partial charge in [0.15, 0.2) is 5.76 Å². The minimum absolute atomic E-state index is 0.0457. The van der Waals surface area contributed by atoms with E-state index in [1.54, 1.807) is 18.2 Å². The minimum atomic E-state index is -3.79. The first-order valence-electron chi connectivity index (χ1n) is 8.98. The molecule has 0 aliphatic carbocycles. The molecule has 29 heavy (non-hydrogen) atoms. The molecule has 0 saturated carbocycles. The van der Waals surface area contributed by atoms with Crippen molar-refractivity contribution in [3.8, 4) is 11.7 Å².